The van der Waals surface area contributed by atoms with E-state index in [4.69, 9.17) is 4.43 Å². The zero-order valence-corrected chi connectivity index (χ0v) is 29.3. The zero-order valence-electron chi connectivity index (χ0n) is 28.3. The highest BCUT2D eigenvalue weighted by atomic mass is 28.3. The molecule has 0 fully saturated rings. The zero-order chi connectivity index (χ0) is 34.1. The summed E-state index contributed by atoms with van der Waals surface area (Å²) in [4.78, 5) is 39.2. The predicted molar refractivity (Wildman–Crippen MR) is 192 cm³/mol. The molecule has 0 aliphatic carbocycles. The van der Waals surface area contributed by atoms with Crippen molar-refractivity contribution in [3.8, 4) is 0 Å². The maximum Gasteiger partial charge on any atom is 0.283 e. The van der Waals surface area contributed by atoms with E-state index < -0.39 is 9.04 Å². The number of carbonyl (C=O) groups is 3. The van der Waals surface area contributed by atoms with Gasteiger partial charge in [0.05, 0.1) is 12.6 Å². The number of likely N-dealkylation sites (N-methyl/N-ethyl adjacent to an activating group) is 1. The fourth-order valence-electron chi connectivity index (χ4n) is 5.42. The third-order valence-corrected chi connectivity index (χ3v) is 10.2. The Labute approximate surface area is 280 Å². The Kier molecular flexibility index (Phi) is 11.7. The number of hydrogen-bond donors (Lipinski definition) is 2. The minimum absolute atomic E-state index is 0.160. The van der Waals surface area contributed by atoms with Crippen molar-refractivity contribution in [2.45, 2.75) is 40.7 Å². The summed E-state index contributed by atoms with van der Waals surface area (Å²) in [6, 6.07) is 31.7. The van der Waals surface area contributed by atoms with Crippen molar-refractivity contribution < 1.29 is 18.8 Å². The predicted octanol–water partition coefficient (Wildman–Crippen LogP) is 5.37. The number of nitrogens with zero attached hydrogens (tertiary/aromatic N) is 1. The van der Waals surface area contributed by atoms with Gasteiger partial charge in [0.25, 0.3) is 14.9 Å². The lowest BCUT2D eigenvalue weighted by Gasteiger charge is -2.37. The average Bonchev–Trinajstić information content (AvgIpc) is 3.07. The normalized spacial score (nSPS) is 12.2. The maximum absolute atomic E-state index is 13.3. The molecule has 8 heteroatoms. The average molecular weight is 647 g/mol. The van der Waals surface area contributed by atoms with Crippen LogP contribution < -0.4 is 25.9 Å². The standard InChI is InChI=1S/C39H44N3O4Si/c1-27-18-24-33(42(7)35(44)26-41-34(43)25-21-29-19-22-30(23-20-29)38(45)40-6)28(2)36(27)37(39(3,4)5)46-47(31-14-10-8-11-15-31)32-16-12-9-13-17-32/h8-25,37H,26H2,1-7H3,(H,40,45)(H,41,43). The molecule has 243 valence electrons. The van der Waals surface area contributed by atoms with E-state index >= 15 is 0 Å². The molecule has 0 bridgehead atoms. The Bertz CT molecular complexity index is 1680. The van der Waals surface area contributed by atoms with Crippen LogP contribution in [0.2, 0.25) is 0 Å². The highest BCUT2D eigenvalue weighted by Crippen LogP contribution is 2.42. The molecule has 2 N–H and O–H groups in total. The third kappa shape index (κ3) is 8.93. The second-order valence-electron chi connectivity index (χ2n) is 12.6. The summed E-state index contributed by atoms with van der Waals surface area (Å²) in [7, 11) is 1.69. The van der Waals surface area contributed by atoms with Crippen LogP contribution in [0.25, 0.3) is 6.08 Å². The molecule has 0 aliphatic heterocycles. The number of aryl methyl sites for hydroxylation is 1. The summed E-state index contributed by atoms with van der Waals surface area (Å²) in [6.07, 6.45) is 2.76. The van der Waals surface area contributed by atoms with Gasteiger partial charge in [0, 0.05) is 31.4 Å². The fraction of sp³-hybridized carbons (Fsp3) is 0.256. The van der Waals surface area contributed by atoms with Gasteiger partial charge in [-0.1, -0.05) is 99.6 Å². The molecule has 0 aromatic heterocycles. The van der Waals surface area contributed by atoms with Gasteiger partial charge in [-0.15, -0.1) is 0 Å². The van der Waals surface area contributed by atoms with Crippen LogP contribution in [0.3, 0.4) is 0 Å². The van der Waals surface area contributed by atoms with E-state index in [2.05, 4.69) is 86.9 Å². The molecule has 0 saturated heterocycles. The van der Waals surface area contributed by atoms with Crippen LogP contribution in [0, 0.1) is 19.3 Å². The summed E-state index contributed by atoms with van der Waals surface area (Å²) in [5.41, 5.74) is 4.94. The third-order valence-electron chi connectivity index (χ3n) is 8.04. The Morgan fingerprint density at radius 1 is 0.851 bits per heavy atom. The highest BCUT2D eigenvalue weighted by Gasteiger charge is 2.35. The number of anilines is 1. The van der Waals surface area contributed by atoms with Crippen molar-refractivity contribution in [1.82, 2.24) is 10.6 Å². The molecule has 1 atom stereocenters. The minimum atomic E-state index is -1.61. The molecule has 0 aliphatic rings. The van der Waals surface area contributed by atoms with E-state index in [-0.39, 0.29) is 35.8 Å². The molecule has 47 heavy (non-hydrogen) atoms. The van der Waals surface area contributed by atoms with Crippen LogP contribution in [-0.2, 0) is 14.0 Å². The number of amides is 3. The summed E-state index contributed by atoms with van der Waals surface area (Å²) >= 11 is 0. The first-order valence-corrected chi connectivity index (χ1v) is 17.1. The Morgan fingerprint density at radius 2 is 1.43 bits per heavy atom. The Hall–Kier alpha value is -4.79. The monoisotopic (exact) mass is 646 g/mol. The molecule has 0 saturated carbocycles. The fourth-order valence-corrected chi connectivity index (χ4v) is 7.73. The van der Waals surface area contributed by atoms with Gasteiger partial charge in [-0.05, 0) is 76.2 Å². The molecule has 7 nitrogen and oxygen atoms in total. The number of rotatable bonds is 11. The number of hydrogen-bond acceptors (Lipinski definition) is 4. The second kappa shape index (κ2) is 15.7. The van der Waals surface area contributed by atoms with E-state index in [1.165, 1.54) is 16.4 Å². The SMILES string of the molecule is CNC(=O)c1ccc(C=CC(=O)NCC(=O)N(C)c2ccc(C)c(C(O[Si](c3ccccc3)c3ccccc3)C(C)(C)C)c2C)cc1. The molecule has 0 spiro atoms. The van der Waals surface area contributed by atoms with Crippen LogP contribution in [0.1, 0.15) is 59.5 Å². The van der Waals surface area contributed by atoms with E-state index in [0.29, 0.717) is 5.56 Å². The molecule has 3 amide bonds. The minimum Gasteiger partial charge on any atom is -0.400 e. The van der Waals surface area contributed by atoms with Crippen molar-refractivity contribution in [3.63, 3.8) is 0 Å². The molecular weight excluding hydrogens is 603 g/mol. The van der Waals surface area contributed by atoms with Crippen molar-refractivity contribution in [1.29, 1.82) is 0 Å². The lowest BCUT2D eigenvalue weighted by Crippen LogP contribution is -2.47. The molecular formula is C39H44N3O4Si. The molecule has 4 aromatic rings. The molecule has 1 radical (unpaired) electrons. The van der Waals surface area contributed by atoms with Gasteiger partial charge in [-0.2, -0.15) is 0 Å². The topological polar surface area (TPSA) is 87.7 Å². The van der Waals surface area contributed by atoms with Gasteiger partial charge in [-0.3, -0.25) is 14.4 Å². The van der Waals surface area contributed by atoms with Crippen molar-refractivity contribution in [2.75, 3.05) is 25.5 Å². The summed E-state index contributed by atoms with van der Waals surface area (Å²) < 4.78 is 7.21. The van der Waals surface area contributed by atoms with Gasteiger partial charge in [0.1, 0.15) is 0 Å². The second-order valence-corrected chi connectivity index (χ2v) is 14.6. The maximum atomic E-state index is 13.3. The van der Waals surface area contributed by atoms with Crippen molar-refractivity contribution >= 4 is 48.9 Å². The van der Waals surface area contributed by atoms with Crippen LogP contribution in [0.15, 0.2) is 103 Å². The first kappa shape index (κ1) is 35.1. The smallest absolute Gasteiger partial charge is 0.283 e. The number of benzene rings is 4. The van der Waals surface area contributed by atoms with E-state index in [0.717, 1.165) is 27.9 Å². The van der Waals surface area contributed by atoms with Gasteiger partial charge in [0.15, 0.2) is 0 Å². The summed E-state index contributed by atoms with van der Waals surface area (Å²) in [5, 5.41) is 7.61. The lowest BCUT2D eigenvalue weighted by molar-refractivity contribution is -0.122. The summed E-state index contributed by atoms with van der Waals surface area (Å²) in [6.45, 7) is 10.5. The Balaban J connectivity index is 1.53. The summed E-state index contributed by atoms with van der Waals surface area (Å²) in [5.74, 6) is -0.810. The van der Waals surface area contributed by atoms with E-state index in [1.54, 1.807) is 49.3 Å². The lowest BCUT2D eigenvalue weighted by atomic mass is 9.81. The highest BCUT2D eigenvalue weighted by molar-refractivity contribution is 6.80. The number of nitrogens with one attached hydrogen (secondary N) is 2. The molecule has 0 heterocycles. The van der Waals surface area contributed by atoms with Crippen LogP contribution in [-0.4, -0.2) is 47.4 Å². The van der Waals surface area contributed by atoms with Crippen molar-refractivity contribution in [3.05, 3.63) is 131 Å². The van der Waals surface area contributed by atoms with Gasteiger partial charge >= 0.3 is 0 Å². The first-order valence-electron chi connectivity index (χ1n) is 15.7. The van der Waals surface area contributed by atoms with E-state index in [1.807, 2.05) is 31.2 Å². The quantitative estimate of drug-likeness (QED) is 0.170. The van der Waals surface area contributed by atoms with Gasteiger partial charge in [0.2, 0.25) is 11.8 Å². The Morgan fingerprint density at radius 3 is 1.96 bits per heavy atom. The van der Waals surface area contributed by atoms with Gasteiger partial charge < -0.3 is 20.0 Å². The van der Waals surface area contributed by atoms with E-state index in [9.17, 15) is 14.4 Å². The molecule has 4 aromatic carbocycles. The first-order chi connectivity index (χ1) is 22.4. The van der Waals surface area contributed by atoms with Gasteiger partial charge in [-0.25, -0.2) is 0 Å². The van der Waals surface area contributed by atoms with Crippen LogP contribution >= 0.6 is 0 Å². The molecule has 4 rings (SSSR count). The molecule has 1 unspecified atom stereocenters. The number of carbonyl (C=O) groups excluding carboxylic acids is 3. The van der Waals surface area contributed by atoms with Crippen molar-refractivity contribution in [2.24, 2.45) is 5.41 Å². The van der Waals surface area contributed by atoms with Crippen LogP contribution in [0.5, 0.6) is 0 Å². The largest absolute Gasteiger partial charge is 0.400 e. The van der Waals surface area contributed by atoms with Crippen LogP contribution in [0.4, 0.5) is 5.69 Å².